The smallest absolute Gasteiger partial charge is 0.227 e. The Morgan fingerprint density at radius 1 is 1.25 bits per heavy atom. The molecule has 0 saturated carbocycles. The van der Waals surface area contributed by atoms with Crippen molar-refractivity contribution in [3.63, 3.8) is 0 Å². The van der Waals surface area contributed by atoms with E-state index in [1.54, 1.807) is 19.4 Å². The zero-order valence-corrected chi connectivity index (χ0v) is 13.7. The van der Waals surface area contributed by atoms with E-state index in [1.165, 1.54) is 0 Å². The van der Waals surface area contributed by atoms with Crippen molar-refractivity contribution in [1.29, 1.82) is 0 Å². The van der Waals surface area contributed by atoms with Crippen LogP contribution in [0.3, 0.4) is 0 Å². The van der Waals surface area contributed by atoms with E-state index in [0.29, 0.717) is 25.5 Å². The fraction of sp³-hybridized carbons (Fsp3) is 0.353. The molecular formula is C17H21N5O2. The number of anilines is 1. The monoisotopic (exact) mass is 327 g/mol. The van der Waals surface area contributed by atoms with E-state index in [-0.39, 0.29) is 5.91 Å². The molecular weight excluding hydrogens is 306 g/mol. The lowest BCUT2D eigenvalue weighted by Gasteiger charge is -2.16. The van der Waals surface area contributed by atoms with Crippen molar-refractivity contribution in [3.8, 4) is 0 Å². The SMILES string of the molecule is CN=C(NCc1ccc(N2CCCC2=O)cc1)NCc1ccon1. The van der Waals surface area contributed by atoms with Crippen LogP contribution in [0.15, 0.2) is 46.1 Å². The summed E-state index contributed by atoms with van der Waals surface area (Å²) in [4.78, 5) is 17.8. The van der Waals surface area contributed by atoms with Crippen LogP contribution in [0.25, 0.3) is 0 Å². The lowest BCUT2D eigenvalue weighted by Crippen LogP contribution is -2.36. The lowest BCUT2D eigenvalue weighted by molar-refractivity contribution is -0.117. The third kappa shape index (κ3) is 3.92. The van der Waals surface area contributed by atoms with Gasteiger partial charge in [-0.1, -0.05) is 17.3 Å². The third-order valence-corrected chi connectivity index (χ3v) is 3.93. The Morgan fingerprint density at radius 3 is 2.67 bits per heavy atom. The zero-order chi connectivity index (χ0) is 16.8. The van der Waals surface area contributed by atoms with Gasteiger partial charge in [0.25, 0.3) is 0 Å². The summed E-state index contributed by atoms with van der Waals surface area (Å²) >= 11 is 0. The maximum atomic E-state index is 11.8. The molecule has 7 nitrogen and oxygen atoms in total. The molecule has 1 amide bonds. The van der Waals surface area contributed by atoms with Crippen molar-refractivity contribution in [1.82, 2.24) is 15.8 Å². The molecule has 1 aromatic heterocycles. The zero-order valence-electron chi connectivity index (χ0n) is 13.7. The van der Waals surface area contributed by atoms with Gasteiger partial charge in [-0.25, -0.2) is 0 Å². The predicted molar refractivity (Wildman–Crippen MR) is 91.6 cm³/mol. The Kier molecular flexibility index (Phi) is 5.10. The van der Waals surface area contributed by atoms with E-state index in [0.717, 1.165) is 29.9 Å². The Hall–Kier alpha value is -2.83. The molecule has 0 bridgehead atoms. The molecule has 7 heteroatoms. The van der Waals surface area contributed by atoms with Gasteiger partial charge in [-0.3, -0.25) is 9.79 Å². The van der Waals surface area contributed by atoms with Gasteiger partial charge in [-0.15, -0.1) is 0 Å². The van der Waals surface area contributed by atoms with Gasteiger partial charge < -0.3 is 20.1 Å². The normalized spacial score (nSPS) is 15.0. The van der Waals surface area contributed by atoms with Crippen molar-refractivity contribution >= 4 is 17.6 Å². The first-order valence-corrected chi connectivity index (χ1v) is 7.99. The number of carbonyl (C=O) groups excluding carboxylic acids is 1. The third-order valence-electron chi connectivity index (χ3n) is 3.93. The summed E-state index contributed by atoms with van der Waals surface area (Å²) in [6, 6.07) is 9.84. The minimum atomic E-state index is 0.207. The molecule has 1 fully saturated rings. The summed E-state index contributed by atoms with van der Waals surface area (Å²) in [5.74, 6) is 0.898. The van der Waals surface area contributed by atoms with E-state index in [2.05, 4.69) is 20.8 Å². The highest BCUT2D eigenvalue weighted by molar-refractivity contribution is 5.95. The van der Waals surface area contributed by atoms with Gasteiger partial charge in [-0.2, -0.15) is 0 Å². The van der Waals surface area contributed by atoms with Crippen LogP contribution in [-0.4, -0.2) is 30.6 Å². The molecule has 3 rings (SSSR count). The van der Waals surface area contributed by atoms with Gasteiger partial charge in [-0.05, 0) is 24.1 Å². The molecule has 2 heterocycles. The Bertz CT molecular complexity index is 694. The molecule has 24 heavy (non-hydrogen) atoms. The number of hydrogen-bond donors (Lipinski definition) is 2. The van der Waals surface area contributed by atoms with Gasteiger partial charge in [0.1, 0.15) is 12.0 Å². The van der Waals surface area contributed by atoms with Gasteiger partial charge in [0.15, 0.2) is 5.96 Å². The molecule has 0 unspecified atom stereocenters. The van der Waals surface area contributed by atoms with Crippen molar-refractivity contribution in [3.05, 3.63) is 47.9 Å². The first-order chi connectivity index (χ1) is 11.8. The quantitative estimate of drug-likeness (QED) is 0.645. The fourth-order valence-corrected chi connectivity index (χ4v) is 2.62. The minimum Gasteiger partial charge on any atom is -0.364 e. The number of carbonyl (C=O) groups is 1. The van der Waals surface area contributed by atoms with Gasteiger partial charge in [0.2, 0.25) is 5.91 Å². The first-order valence-electron chi connectivity index (χ1n) is 7.99. The number of nitrogens with zero attached hydrogens (tertiary/aromatic N) is 3. The number of hydrogen-bond acceptors (Lipinski definition) is 4. The molecule has 1 aliphatic heterocycles. The summed E-state index contributed by atoms with van der Waals surface area (Å²) < 4.78 is 4.79. The van der Waals surface area contributed by atoms with Crippen LogP contribution in [0.1, 0.15) is 24.1 Å². The van der Waals surface area contributed by atoms with E-state index < -0.39 is 0 Å². The average molecular weight is 327 g/mol. The average Bonchev–Trinajstić information content (AvgIpc) is 3.27. The summed E-state index contributed by atoms with van der Waals surface area (Å²) in [6.45, 7) is 2.01. The van der Waals surface area contributed by atoms with Crippen LogP contribution in [-0.2, 0) is 17.9 Å². The summed E-state index contributed by atoms with van der Waals surface area (Å²) in [5, 5.41) is 10.3. The molecule has 2 aromatic rings. The molecule has 0 spiro atoms. The van der Waals surface area contributed by atoms with Crippen LogP contribution < -0.4 is 15.5 Å². The highest BCUT2D eigenvalue weighted by atomic mass is 16.5. The van der Waals surface area contributed by atoms with Crippen LogP contribution in [0.4, 0.5) is 5.69 Å². The summed E-state index contributed by atoms with van der Waals surface area (Å²) in [7, 11) is 1.72. The maximum absolute atomic E-state index is 11.8. The van der Waals surface area contributed by atoms with E-state index in [1.807, 2.05) is 29.2 Å². The number of benzene rings is 1. The molecule has 1 aliphatic rings. The number of amides is 1. The molecule has 0 aliphatic carbocycles. The Morgan fingerprint density at radius 2 is 2.04 bits per heavy atom. The van der Waals surface area contributed by atoms with Crippen molar-refractivity contribution in [2.75, 3.05) is 18.5 Å². The maximum Gasteiger partial charge on any atom is 0.227 e. The molecule has 1 aromatic carbocycles. The number of guanidine groups is 1. The predicted octanol–water partition coefficient (Wildman–Crippen LogP) is 1.67. The van der Waals surface area contributed by atoms with Gasteiger partial charge in [0, 0.05) is 38.3 Å². The van der Waals surface area contributed by atoms with Crippen molar-refractivity contribution < 1.29 is 9.32 Å². The van der Waals surface area contributed by atoms with Gasteiger partial charge in [0.05, 0.1) is 6.54 Å². The Balaban J connectivity index is 1.51. The lowest BCUT2D eigenvalue weighted by atomic mass is 10.2. The molecule has 0 radical (unpaired) electrons. The van der Waals surface area contributed by atoms with Crippen LogP contribution >= 0.6 is 0 Å². The van der Waals surface area contributed by atoms with Crippen LogP contribution in [0.2, 0.25) is 0 Å². The highest BCUT2D eigenvalue weighted by Gasteiger charge is 2.21. The first kappa shape index (κ1) is 16.0. The number of nitrogens with one attached hydrogen (secondary N) is 2. The van der Waals surface area contributed by atoms with E-state index in [9.17, 15) is 4.79 Å². The van der Waals surface area contributed by atoms with Crippen LogP contribution in [0, 0.1) is 0 Å². The standard InChI is InChI=1S/C17H21N5O2/c1-18-17(20-12-14-8-10-24-21-14)19-11-13-4-6-15(7-5-13)22-9-2-3-16(22)23/h4-8,10H,2-3,9,11-12H2,1H3,(H2,18,19,20). The van der Waals surface area contributed by atoms with E-state index >= 15 is 0 Å². The number of aliphatic imine (C=N–C) groups is 1. The largest absolute Gasteiger partial charge is 0.364 e. The number of rotatable bonds is 5. The van der Waals surface area contributed by atoms with Gasteiger partial charge >= 0.3 is 0 Å². The topological polar surface area (TPSA) is 82.8 Å². The van der Waals surface area contributed by atoms with Crippen molar-refractivity contribution in [2.24, 2.45) is 4.99 Å². The van der Waals surface area contributed by atoms with Crippen LogP contribution in [0.5, 0.6) is 0 Å². The second-order valence-electron chi connectivity index (χ2n) is 5.59. The minimum absolute atomic E-state index is 0.207. The highest BCUT2D eigenvalue weighted by Crippen LogP contribution is 2.21. The fourth-order valence-electron chi connectivity index (χ4n) is 2.62. The summed E-state index contributed by atoms with van der Waals surface area (Å²) in [6.07, 6.45) is 3.13. The molecule has 126 valence electrons. The molecule has 2 N–H and O–H groups in total. The number of aromatic nitrogens is 1. The summed E-state index contributed by atoms with van der Waals surface area (Å²) in [5.41, 5.74) is 2.90. The molecule has 0 atom stereocenters. The second-order valence-corrected chi connectivity index (χ2v) is 5.59. The van der Waals surface area contributed by atoms with Crippen molar-refractivity contribution in [2.45, 2.75) is 25.9 Å². The Labute approximate surface area is 140 Å². The van der Waals surface area contributed by atoms with E-state index in [4.69, 9.17) is 4.52 Å². The second kappa shape index (κ2) is 7.63. The molecule has 1 saturated heterocycles.